The molecule has 0 fully saturated rings. The van der Waals surface area contributed by atoms with Gasteiger partial charge in [-0.15, -0.1) is 0 Å². The third-order valence-corrected chi connectivity index (χ3v) is 2.97. The molecule has 0 atom stereocenters. The van der Waals surface area contributed by atoms with Crippen molar-refractivity contribution in [1.29, 1.82) is 0 Å². The first-order valence-electron chi connectivity index (χ1n) is 6.38. The molecule has 20 heavy (non-hydrogen) atoms. The number of carbonyl (C=O) groups is 1. The van der Waals surface area contributed by atoms with Crippen molar-refractivity contribution >= 4 is 22.7 Å². The van der Waals surface area contributed by atoms with Gasteiger partial charge in [0, 0.05) is 12.1 Å². The van der Waals surface area contributed by atoms with Gasteiger partial charge in [-0.2, -0.15) is 0 Å². The monoisotopic (exact) mass is 289 g/mol. The average Bonchev–Trinajstić information content (AvgIpc) is 2.42. The van der Waals surface area contributed by atoms with Gasteiger partial charge in [-0.3, -0.25) is 4.79 Å². The van der Waals surface area contributed by atoms with Crippen molar-refractivity contribution in [3.63, 3.8) is 0 Å². The summed E-state index contributed by atoms with van der Waals surface area (Å²) in [4.78, 5) is 10.7. The molecular formula is C16H16ClNO2. The van der Waals surface area contributed by atoms with Crippen LogP contribution in [0.25, 0.3) is 0 Å². The zero-order valence-electron chi connectivity index (χ0n) is 11.2. The molecule has 0 heterocycles. The highest BCUT2D eigenvalue weighted by Gasteiger charge is 1.99. The molecule has 1 amide bonds. The topological polar surface area (TPSA) is 38.3 Å². The summed E-state index contributed by atoms with van der Waals surface area (Å²) >= 11 is 5.23. The van der Waals surface area contributed by atoms with Crippen LogP contribution in [0.4, 0.5) is 10.5 Å². The van der Waals surface area contributed by atoms with E-state index in [4.69, 9.17) is 16.3 Å². The Labute approximate surface area is 123 Å². The van der Waals surface area contributed by atoms with E-state index >= 15 is 0 Å². The molecule has 104 valence electrons. The minimum absolute atomic E-state index is 0.599. The number of ether oxygens (including phenoxy) is 1. The highest BCUT2D eigenvalue weighted by Crippen LogP contribution is 2.16. The molecule has 0 aliphatic rings. The second kappa shape index (κ2) is 6.96. The summed E-state index contributed by atoms with van der Waals surface area (Å²) in [7, 11) is 0. The van der Waals surface area contributed by atoms with Gasteiger partial charge in [-0.05, 0) is 48.4 Å². The standard InChI is InChI=1S/C16H16ClNO2/c1-12-2-4-13(5-3-12)10-11-20-15-8-6-14(7-9-15)18-16(17)19/h2-9H,10-11H2,1H3,(H,18,19). The van der Waals surface area contributed by atoms with E-state index < -0.39 is 5.37 Å². The lowest BCUT2D eigenvalue weighted by Crippen LogP contribution is -2.02. The Hall–Kier alpha value is -2.00. The van der Waals surface area contributed by atoms with Crippen LogP contribution in [0.5, 0.6) is 5.75 Å². The number of benzene rings is 2. The van der Waals surface area contributed by atoms with Crippen LogP contribution in [0.3, 0.4) is 0 Å². The predicted molar refractivity (Wildman–Crippen MR) is 81.7 cm³/mol. The van der Waals surface area contributed by atoms with Crippen LogP contribution in [0.1, 0.15) is 11.1 Å². The van der Waals surface area contributed by atoms with Gasteiger partial charge in [0.1, 0.15) is 5.75 Å². The van der Waals surface area contributed by atoms with E-state index in [0.717, 1.165) is 12.2 Å². The molecular weight excluding hydrogens is 274 g/mol. The van der Waals surface area contributed by atoms with Gasteiger partial charge < -0.3 is 10.1 Å². The number of carbonyl (C=O) groups excluding carboxylic acids is 1. The lowest BCUT2D eigenvalue weighted by molar-refractivity contribution is 0.269. The van der Waals surface area contributed by atoms with Gasteiger partial charge in [0.25, 0.3) is 0 Å². The summed E-state index contributed by atoms with van der Waals surface area (Å²) in [6.45, 7) is 2.69. The van der Waals surface area contributed by atoms with Crippen LogP contribution in [0, 0.1) is 6.92 Å². The van der Waals surface area contributed by atoms with E-state index in [0.29, 0.717) is 12.3 Å². The maximum atomic E-state index is 10.7. The molecule has 0 aliphatic heterocycles. The molecule has 0 aliphatic carbocycles. The van der Waals surface area contributed by atoms with Crippen molar-refractivity contribution < 1.29 is 9.53 Å². The summed E-state index contributed by atoms with van der Waals surface area (Å²) in [5.74, 6) is 0.768. The molecule has 0 saturated carbocycles. The number of rotatable bonds is 5. The third kappa shape index (κ3) is 4.59. The number of halogens is 1. The van der Waals surface area contributed by atoms with Gasteiger partial charge in [0.2, 0.25) is 0 Å². The molecule has 2 rings (SSSR count). The molecule has 0 radical (unpaired) electrons. The highest BCUT2D eigenvalue weighted by molar-refractivity contribution is 6.65. The summed E-state index contributed by atoms with van der Waals surface area (Å²) in [6, 6.07) is 15.5. The number of nitrogens with one attached hydrogen (secondary N) is 1. The van der Waals surface area contributed by atoms with Crippen molar-refractivity contribution in [3.8, 4) is 5.75 Å². The van der Waals surface area contributed by atoms with Crippen molar-refractivity contribution in [1.82, 2.24) is 0 Å². The number of amides is 1. The molecule has 3 nitrogen and oxygen atoms in total. The van der Waals surface area contributed by atoms with Crippen molar-refractivity contribution in [2.75, 3.05) is 11.9 Å². The van der Waals surface area contributed by atoms with E-state index in [1.807, 2.05) is 0 Å². The second-order valence-electron chi connectivity index (χ2n) is 4.51. The predicted octanol–water partition coefficient (Wildman–Crippen LogP) is 4.39. The summed E-state index contributed by atoms with van der Waals surface area (Å²) < 4.78 is 5.65. The van der Waals surface area contributed by atoms with Crippen molar-refractivity contribution in [3.05, 3.63) is 59.7 Å². The molecule has 0 bridgehead atoms. The summed E-state index contributed by atoms with van der Waals surface area (Å²) in [6.07, 6.45) is 0.862. The minimum atomic E-state index is -0.599. The maximum Gasteiger partial charge on any atom is 0.318 e. The first kappa shape index (κ1) is 14.4. The maximum absolute atomic E-state index is 10.7. The minimum Gasteiger partial charge on any atom is -0.493 e. The van der Waals surface area contributed by atoms with E-state index in [-0.39, 0.29) is 0 Å². The van der Waals surface area contributed by atoms with E-state index in [1.165, 1.54) is 11.1 Å². The Balaban J connectivity index is 1.82. The van der Waals surface area contributed by atoms with E-state index in [9.17, 15) is 4.79 Å². The molecule has 1 N–H and O–H groups in total. The Morgan fingerprint density at radius 2 is 1.75 bits per heavy atom. The normalized spacial score (nSPS) is 10.1. The van der Waals surface area contributed by atoms with Gasteiger partial charge in [0.05, 0.1) is 6.61 Å². The van der Waals surface area contributed by atoms with Crippen LogP contribution < -0.4 is 10.1 Å². The zero-order valence-corrected chi connectivity index (χ0v) is 12.0. The van der Waals surface area contributed by atoms with Crippen LogP contribution in [-0.4, -0.2) is 12.0 Å². The van der Waals surface area contributed by atoms with Crippen LogP contribution in [0.15, 0.2) is 48.5 Å². The first-order valence-corrected chi connectivity index (χ1v) is 6.76. The van der Waals surface area contributed by atoms with Gasteiger partial charge in [0.15, 0.2) is 0 Å². The van der Waals surface area contributed by atoms with Gasteiger partial charge in [-0.1, -0.05) is 29.8 Å². The number of hydrogen-bond acceptors (Lipinski definition) is 2. The lowest BCUT2D eigenvalue weighted by Gasteiger charge is -2.07. The van der Waals surface area contributed by atoms with E-state index in [1.54, 1.807) is 24.3 Å². The molecule has 0 spiro atoms. The quantitative estimate of drug-likeness (QED) is 0.655. The molecule has 0 saturated heterocycles. The SMILES string of the molecule is Cc1ccc(CCOc2ccc(NC(=O)Cl)cc2)cc1. The third-order valence-electron chi connectivity index (χ3n) is 2.88. The Morgan fingerprint density at radius 1 is 1.10 bits per heavy atom. The second-order valence-corrected chi connectivity index (χ2v) is 4.85. The van der Waals surface area contributed by atoms with Crippen LogP contribution in [-0.2, 0) is 6.42 Å². The average molecular weight is 290 g/mol. The van der Waals surface area contributed by atoms with E-state index in [2.05, 4.69) is 36.5 Å². The fraction of sp³-hybridized carbons (Fsp3) is 0.188. The van der Waals surface area contributed by atoms with Crippen molar-refractivity contribution in [2.45, 2.75) is 13.3 Å². The van der Waals surface area contributed by atoms with Crippen LogP contribution >= 0.6 is 11.6 Å². The van der Waals surface area contributed by atoms with Crippen molar-refractivity contribution in [2.24, 2.45) is 0 Å². The highest BCUT2D eigenvalue weighted by atomic mass is 35.5. The number of anilines is 1. The van der Waals surface area contributed by atoms with Gasteiger partial charge in [-0.25, -0.2) is 0 Å². The number of hydrogen-bond donors (Lipinski definition) is 1. The lowest BCUT2D eigenvalue weighted by atomic mass is 10.1. The van der Waals surface area contributed by atoms with Gasteiger partial charge >= 0.3 is 5.37 Å². The molecule has 0 unspecified atom stereocenters. The fourth-order valence-electron chi connectivity index (χ4n) is 1.79. The molecule has 2 aromatic rings. The fourth-order valence-corrected chi connectivity index (χ4v) is 1.90. The van der Waals surface area contributed by atoms with Crippen LogP contribution in [0.2, 0.25) is 0 Å². The molecule has 2 aromatic carbocycles. The molecule has 4 heteroatoms. The zero-order chi connectivity index (χ0) is 14.4. The largest absolute Gasteiger partial charge is 0.493 e. The summed E-state index contributed by atoms with van der Waals surface area (Å²) in [5.41, 5.74) is 3.16. The Bertz CT molecular complexity index is 564. The summed E-state index contributed by atoms with van der Waals surface area (Å²) in [5, 5.41) is 1.89. The smallest absolute Gasteiger partial charge is 0.318 e. The first-order chi connectivity index (χ1) is 9.63. The Kier molecular flexibility index (Phi) is 5.02. The Morgan fingerprint density at radius 3 is 2.35 bits per heavy atom. The molecule has 0 aromatic heterocycles. The number of aryl methyl sites for hydroxylation is 1.